The lowest BCUT2D eigenvalue weighted by Gasteiger charge is -2.30. The monoisotopic (exact) mass is 409 g/mol. The molecule has 0 aliphatic carbocycles. The number of carbonyl (C=O) groups is 3. The summed E-state index contributed by atoms with van der Waals surface area (Å²) in [6.07, 6.45) is 2.32. The number of nitrogens with zero attached hydrogens (tertiary/aromatic N) is 3. The molecule has 9 nitrogen and oxygen atoms in total. The van der Waals surface area contributed by atoms with Gasteiger partial charge >= 0.3 is 5.97 Å². The van der Waals surface area contributed by atoms with Gasteiger partial charge in [0.15, 0.2) is 0 Å². The van der Waals surface area contributed by atoms with Crippen LogP contribution >= 0.6 is 0 Å². The second-order valence-corrected chi connectivity index (χ2v) is 8.09. The zero-order chi connectivity index (χ0) is 20.8. The number of aliphatic carboxylic acids is 1. The van der Waals surface area contributed by atoms with Gasteiger partial charge in [0.05, 0.1) is 5.69 Å². The highest BCUT2D eigenvalue weighted by Crippen LogP contribution is 2.29. The number of amides is 2. The molecule has 1 unspecified atom stereocenters. The summed E-state index contributed by atoms with van der Waals surface area (Å²) in [6.45, 7) is 1.25. The Morgan fingerprint density at radius 3 is 2.80 bits per heavy atom. The average molecular weight is 409 g/mol. The van der Waals surface area contributed by atoms with E-state index in [-0.39, 0.29) is 17.9 Å². The Kier molecular flexibility index (Phi) is 4.45. The molecule has 3 aliphatic heterocycles. The summed E-state index contributed by atoms with van der Waals surface area (Å²) in [5, 5.41) is 19.8. The van der Waals surface area contributed by atoms with Gasteiger partial charge in [-0.15, -0.1) is 0 Å². The smallest absolute Gasteiger partial charge is 0.326 e. The highest BCUT2D eigenvalue weighted by atomic mass is 16.4. The molecular formula is C21H23N5O4. The van der Waals surface area contributed by atoms with Crippen molar-refractivity contribution in [1.29, 1.82) is 0 Å². The predicted molar refractivity (Wildman–Crippen MR) is 107 cm³/mol. The number of hydrogen-bond acceptors (Lipinski definition) is 5. The number of carbonyl (C=O) groups excluding carboxylic acids is 2. The Balaban J connectivity index is 1.33. The minimum atomic E-state index is -0.988. The molecule has 5 rings (SSSR count). The van der Waals surface area contributed by atoms with Gasteiger partial charge in [0.1, 0.15) is 17.8 Å². The lowest BCUT2D eigenvalue weighted by Crippen LogP contribution is -2.45. The summed E-state index contributed by atoms with van der Waals surface area (Å²) < 4.78 is 0. The zero-order valence-corrected chi connectivity index (χ0v) is 16.4. The molecule has 1 aromatic carbocycles. The molecule has 1 aromatic heterocycles. The van der Waals surface area contributed by atoms with Crippen molar-refractivity contribution in [3.63, 3.8) is 0 Å². The van der Waals surface area contributed by atoms with Crippen LogP contribution in [0.5, 0.6) is 0 Å². The molecule has 2 amide bonds. The second-order valence-electron chi connectivity index (χ2n) is 8.09. The van der Waals surface area contributed by atoms with E-state index in [2.05, 4.69) is 15.5 Å². The summed E-state index contributed by atoms with van der Waals surface area (Å²) >= 11 is 0. The number of carboxylic acids is 1. The first kappa shape index (κ1) is 18.7. The predicted octanol–water partition coefficient (Wildman–Crippen LogP) is 1.02. The first-order valence-corrected chi connectivity index (χ1v) is 10.3. The molecule has 3 N–H and O–H groups in total. The van der Waals surface area contributed by atoms with E-state index < -0.39 is 12.0 Å². The fourth-order valence-electron chi connectivity index (χ4n) is 4.73. The number of H-pyrrole nitrogens is 1. The normalized spacial score (nSPS) is 22.4. The van der Waals surface area contributed by atoms with Crippen molar-refractivity contribution in [3.05, 3.63) is 46.8 Å². The maximum atomic E-state index is 13.1. The van der Waals surface area contributed by atoms with Crippen LogP contribution in [0, 0.1) is 0 Å². The van der Waals surface area contributed by atoms with Crippen molar-refractivity contribution in [2.45, 2.75) is 44.3 Å². The van der Waals surface area contributed by atoms with Crippen LogP contribution in [0.25, 0.3) is 0 Å². The molecule has 0 spiro atoms. The molecule has 1 fully saturated rings. The Morgan fingerprint density at radius 1 is 1.17 bits per heavy atom. The van der Waals surface area contributed by atoms with Crippen LogP contribution in [0.15, 0.2) is 24.3 Å². The zero-order valence-electron chi connectivity index (χ0n) is 16.4. The highest BCUT2D eigenvalue weighted by Gasteiger charge is 2.38. The van der Waals surface area contributed by atoms with E-state index in [4.69, 9.17) is 0 Å². The van der Waals surface area contributed by atoms with E-state index in [1.165, 1.54) is 4.90 Å². The van der Waals surface area contributed by atoms with Gasteiger partial charge in [-0.2, -0.15) is 5.10 Å². The van der Waals surface area contributed by atoms with Crippen molar-refractivity contribution in [2.24, 2.45) is 0 Å². The van der Waals surface area contributed by atoms with Crippen molar-refractivity contribution in [2.75, 3.05) is 18.4 Å². The maximum Gasteiger partial charge on any atom is 0.326 e. The Labute approximate surface area is 173 Å². The summed E-state index contributed by atoms with van der Waals surface area (Å²) in [7, 11) is 0. The van der Waals surface area contributed by atoms with Crippen LogP contribution in [0.2, 0.25) is 0 Å². The number of para-hydroxylation sites is 1. The minimum Gasteiger partial charge on any atom is -0.480 e. The third-order valence-corrected chi connectivity index (χ3v) is 6.31. The number of likely N-dealkylation sites (tertiary alicyclic amines) is 1. The third kappa shape index (κ3) is 3.01. The van der Waals surface area contributed by atoms with E-state index >= 15 is 0 Å². The van der Waals surface area contributed by atoms with E-state index in [1.54, 1.807) is 4.90 Å². The average Bonchev–Trinajstić information content (AvgIpc) is 3.49. The number of aromatic nitrogens is 2. The first-order chi connectivity index (χ1) is 14.5. The van der Waals surface area contributed by atoms with Gasteiger partial charge < -0.3 is 20.2 Å². The largest absolute Gasteiger partial charge is 0.480 e. The van der Waals surface area contributed by atoms with E-state index in [9.17, 15) is 19.5 Å². The van der Waals surface area contributed by atoms with Gasteiger partial charge in [-0.05, 0) is 24.5 Å². The molecule has 9 heteroatoms. The molecule has 156 valence electrons. The van der Waals surface area contributed by atoms with Crippen LogP contribution in [-0.4, -0.2) is 68.1 Å². The Hall–Kier alpha value is -3.36. The van der Waals surface area contributed by atoms with Crippen LogP contribution < -0.4 is 5.32 Å². The quantitative estimate of drug-likeness (QED) is 0.697. The standard InChI is InChI=1S/C21H23N5O4/c27-19(16-10-12-4-1-2-5-14(12)22-16)25-9-7-15-13(11-25)18(24-23-15)20(28)26-8-3-6-17(26)21(29)30/h1-2,4-5,16-17,22H,3,6-11H2,(H,23,24)(H,29,30)/t16?,17-/m0/s1. The lowest BCUT2D eigenvalue weighted by molar-refractivity contribution is -0.141. The molecule has 0 saturated carbocycles. The number of anilines is 1. The fourth-order valence-corrected chi connectivity index (χ4v) is 4.73. The number of carboxylic acid groups (broad SMARTS) is 1. The summed E-state index contributed by atoms with van der Waals surface area (Å²) in [5.41, 5.74) is 3.89. The van der Waals surface area contributed by atoms with Crippen molar-refractivity contribution in [3.8, 4) is 0 Å². The highest BCUT2D eigenvalue weighted by molar-refractivity contribution is 5.97. The summed E-state index contributed by atoms with van der Waals surface area (Å²) in [6, 6.07) is 6.78. The molecule has 2 atom stereocenters. The molecule has 0 bridgehead atoms. The van der Waals surface area contributed by atoms with Gasteiger partial charge in [0.2, 0.25) is 5.91 Å². The number of hydrogen-bond donors (Lipinski definition) is 3. The molecular weight excluding hydrogens is 386 g/mol. The maximum absolute atomic E-state index is 13.1. The van der Waals surface area contributed by atoms with Gasteiger partial charge in [-0.25, -0.2) is 4.79 Å². The van der Waals surface area contributed by atoms with Crippen LogP contribution in [-0.2, 0) is 29.0 Å². The molecule has 30 heavy (non-hydrogen) atoms. The van der Waals surface area contributed by atoms with Gasteiger partial charge in [-0.3, -0.25) is 14.7 Å². The van der Waals surface area contributed by atoms with Crippen LogP contribution in [0.1, 0.15) is 40.2 Å². The van der Waals surface area contributed by atoms with E-state index in [0.29, 0.717) is 56.6 Å². The fraction of sp³-hybridized carbons (Fsp3) is 0.429. The number of nitrogens with one attached hydrogen (secondary N) is 2. The minimum absolute atomic E-state index is 0.000957. The van der Waals surface area contributed by atoms with Gasteiger partial charge in [-0.1, -0.05) is 18.2 Å². The second kappa shape index (κ2) is 7.16. The SMILES string of the molecule is O=C(O)[C@@H]1CCCN1C(=O)c1[nH]nc2c1CN(C(=O)C1Cc3ccccc3N1)CC2. The van der Waals surface area contributed by atoms with Crippen molar-refractivity contribution in [1.82, 2.24) is 20.0 Å². The lowest BCUT2D eigenvalue weighted by atomic mass is 10.0. The Bertz CT molecular complexity index is 1010. The molecule has 2 aromatic rings. The Morgan fingerprint density at radius 2 is 2.00 bits per heavy atom. The van der Waals surface area contributed by atoms with Crippen molar-refractivity contribution < 1.29 is 19.5 Å². The number of fused-ring (bicyclic) bond motifs is 2. The molecule has 0 radical (unpaired) electrons. The van der Waals surface area contributed by atoms with E-state index in [0.717, 1.165) is 16.9 Å². The van der Waals surface area contributed by atoms with Gasteiger partial charge in [0, 0.05) is 43.7 Å². The van der Waals surface area contributed by atoms with Gasteiger partial charge in [0.25, 0.3) is 5.91 Å². The number of aromatic amines is 1. The number of rotatable bonds is 3. The first-order valence-electron chi connectivity index (χ1n) is 10.3. The summed E-state index contributed by atoms with van der Waals surface area (Å²) in [5.74, 6) is -1.34. The van der Waals surface area contributed by atoms with Crippen molar-refractivity contribution >= 4 is 23.5 Å². The molecule has 3 aliphatic rings. The van der Waals surface area contributed by atoms with Crippen LogP contribution in [0.3, 0.4) is 0 Å². The number of benzene rings is 1. The molecule has 4 heterocycles. The molecule has 1 saturated heterocycles. The van der Waals surface area contributed by atoms with E-state index in [1.807, 2.05) is 24.3 Å². The topological polar surface area (TPSA) is 119 Å². The van der Waals surface area contributed by atoms with Crippen LogP contribution in [0.4, 0.5) is 5.69 Å². The third-order valence-electron chi connectivity index (χ3n) is 6.31. The summed E-state index contributed by atoms with van der Waals surface area (Å²) in [4.78, 5) is 40.8.